The first-order valence-corrected chi connectivity index (χ1v) is 11.3. The molecule has 2 aliphatic carbocycles. The van der Waals surface area contributed by atoms with Gasteiger partial charge in [0, 0.05) is 44.9 Å². The smallest absolute Gasteiger partial charge is 0.0312 e. The summed E-state index contributed by atoms with van der Waals surface area (Å²) in [4.78, 5) is 0. The Bertz CT molecular complexity index is 808. The summed E-state index contributed by atoms with van der Waals surface area (Å²) in [6, 6.07) is 0. The topological polar surface area (TPSA) is 118 Å². The third kappa shape index (κ3) is 25.2. The number of methoxy groups -OCH3 is 1. The monoisotopic (exact) mass is 782 g/mol. The van der Waals surface area contributed by atoms with E-state index in [0.29, 0.717) is 0 Å². The first-order valence-electron chi connectivity index (χ1n) is 11.3. The van der Waals surface area contributed by atoms with E-state index in [1.807, 2.05) is 51.0 Å². The minimum absolute atomic E-state index is 0. The molecule has 0 aromatic carbocycles. The maximum Gasteiger partial charge on any atom is 2.00 e. The van der Waals surface area contributed by atoms with Gasteiger partial charge < -0.3 is 9.47 Å². The van der Waals surface area contributed by atoms with E-state index in [1.54, 1.807) is 7.11 Å². The zero-order valence-corrected chi connectivity index (χ0v) is 28.7. The molecule has 0 spiro atoms. The van der Waals surface area contributed by atoms with E-state index in [4.69, 9.17) is 32.7 Å². The predicted octanol–water partition coefficient (Wildman–Crippen LogP) is 6.65. The maximum atomic E-state index is 7.50. The van der Waals surface area contributed by atoms with Crippen LogP contribution in [0.3, 0.4) is 0 Å². The first kappa shape index (κ1) is 53.2. The fraction of sp³-hybridized carbons (Fsp3) is 0.273. The number of rotatable bonds is 4. The molecule has 0 N–H and O–H groups in total. The van der Waals surface area contributed by atoms with Gasteiger partial charge in [0.1, 0.15) is 11.5 Å². The van der Waals surface area contributed by atoms with Crippen molar-refractivity contribution in [3.63, 3.8) is 0 Å². The third-order valence-corrected chi connectivity index (χ3v) is 4.50. The maximum absolute atomic E-state index is 7.50. The van der Waals surface area contributed by atoms with Gasteiger partial charge in [-0.15, -0.1) is 0 Å². The molecule has 3 aliphatic rings. The fourth-order valence-electron chi connectivity index (χ4n) is 2.74. The van der Waals surface area contributed by atoms with E-state index in [-0.39, 0.29) is 49.0 Å². The summed E-state index contributed by atoms with van der Waals surface area (Å²) in [7, 11) is 1.61. The van der Waals surface area contributed by atoms with E-state index < -0.39 is 0 Å². The molecular weight excluding hydrogens is 748 g/mol. The molecule has 220 valence electrons. The molecule has 12 radical (unpaired) electrons. The number of ether oxygens (including phenoxy) is 2. The second-order valence-corrected chi connectivity index (χ2v) is 9.32. The Kier molecular flexibility index (Phi) is 43.2. The van der Waals surface area contributed by atoms with Gasteiger partial charge in [-0.3, -0.25) is 0 Å². The van der Waals surface area contributed by atoms with Crippen LogP contribution in [0.15, 0.2) is 47.0 Å². The Morgan fingerprint density at radius 2 is 1.02 bits per heavy atom. The van der Waals surface area contributed by atoms with Crippen LogP contribution in [0.25, 0.3) is 0 Å². The van der Waals surface area contributed by atoms with E-state index in [1.165, 1.54) is 0 Å². The van der Waals surface area contributed by atoms with Gasteiger partial charge >= 0.3 is 73.6 Å². The molecule has 0 unspecified atom stereocenters. The zero-order valence-electron chi connectivity index (χ0n) is 24.6. The molecule has 0 saturated heterocycles. The molecule has 2 fully saturated rings. The Morgan fingerprint density at radius 3 is 1.31 bits per heavy atom. The van der Waals surface area contributed by atoms with E-state index in [2.05, 4.69) is 112 Å². The van der Waals surface area contributed by atoms with Crippen LogP contribution in [0.5, 0.6) is 0 Å². The van der Waals surface area contributed by atoms with Crippen molar-refractivity contribution >= 4 is 0 Å². The molecule has 42 heavy (non-hydrogen) atoms. The van der Waals surface area contributed by atoms with Crippen molar-refractivity contribution < 1.29 is 70.9 Å². The number of hydrogen-bond donors (Lipinski definition) is 0. The SMILES string of the molecule is CO[C]/C=C(\C=C1C=C(C(C)(C)C)OC(C(C)(C)C)=C1)[C]1[CH][CH][CH][CH]1.[C-]#[O+].[C-]#[O+].[C-]#[O+].[C-]#[O+].[C-]#[O+].[CH]1[CH][CH][CH][CH]1.[Fe+2].[W]. The van der Waals surface area contributed by atoms with Crippen molar-refractivity contribution in [2.24, 2.45) is 10.8 Å². The summed E-state index contributed by atoms with van der Waals surface area (Å²) in [5.74, 6) is 3.10. The second kappa shape index (κ2) is 34.1. The minimum Gasteiger partial charge on any atom is -0.0312 e. The van der Waals surface area contributed by atoms with Crippen LogP contribution < -0.4 is 0 Å². The Morgan fingerprint density at radius 1 is 0.690 bits per heavy atom. The number of allylic oxidation sites excluding steroid dienone is 7. The van der Waals surface area contributed by atoms with E-state index >= 15 is 0 Å². The van der Waals surface area contributed by atoms with Crippen LogP contribution in [-0.2, 0) is 70.9 Å². The molecule has 9 heteroatoms. The van der Waals surface area contributed by atoms with Crippen molar-refractivity contribution in [3.8, 4) is 0 Å². The van der Waals surface area contributed by atoms with Gasteiger partial charge in [-0.1, -0.05) is 47.6 Å². The standard InChI is InChI=1S/C23H29O2.C5H5.5CO.Fe.W/c1-22(2,3)20-15-17(16-21(25-20)23(4,5)6)14-19(12-13-24-7)18-10-8-9-11-18;1-2-4-5-3-1;5*1-2;;/h8-12,14-16H,1-7H3;1-5H;;;;;;;/q;;;;;;;+2;/b19-12+;;;;;;;;. The van der Waals surface area contributed by atoms with Gasteiger partial charge in [-0.25, -0.2) is 0 Å². The van der Waals surface area contributed by atoms with Crippen LogP contribution in [0.2, 0.25) is 0 Å². The fourth-order valence-corrected chi connectivity index (χ4v) is 2.74. The summed E-state index contributed by atoms with van der Waals surface area (Å²) < 4.78 is 48.7. The largest absolute Gasteiger partial charge is 2.00 e. The van der Waals surface area contributed by atoms with Gasteiger partial charge in [0.25, 0.3) is 0 Å². The van der Waals surface area contributed by atoms with Crippen LogP contribution >= 0.6 is 0 Å². The zero-order chi connectivity index (χ0) is 32.2. The van der Waals surface area contributed by atoms with Crippen LogP contribution in [-0.4, -0.2) is 7.11 Å². The van der Waals surface area contributed by atoms with E-state index in [9.17, 15) is 0 Å². The van der Waals surface area contributed by atoms with E-state index in [0.717, 1.165) is 28.6 Å². The van der Waals surface area contributed by atoms with Gasteiger partial charge in [-0.2, -0.15) is 0 Å². The van der Waals surface area contributed by atoms with Crippen molar-refractivity contribution in [3.05, 3.63) is 151 Å². The molecule has 7 nitrogen and oxygen atoms in total. The predicted molar refractivity (Wildman–Crippen MR) is 144 cm³/mol. The normalized spacial score (nSPS) is 15.2. The quantitative estimate of drug-likeness (QED) is 0.181. The average molecular weight is 782 g/mol. The Balaban J connectivity index is -0.000000161. The molecule has 1 aliphatic heterocycles. The van der Waals surface area contributed by atoms with Gasteiger partial charge in [-0.05, 0) is 87.2 Å². The van der Waals surface area contributed by atoms with Gasteiger partial charge in [0.15, 0.2) is 6.61 Å². The summed E-state index contributed by atoms with van der Waals surface area (Å²) >= 11 is 0. The van der Waals surface area contributed by atoms with Gasteiger partial charge in [0.05, 0.1) is 0 Å². The molecule has 2 saturated carbocycles. The molecule has 0 bridgehead atoms. The second-order valence-electron chi connectivity index (χ2n) is 9.32. The number of hydrogen-bond acceptors (Lipinski definition) is 2. The Hall–Kier alpha value is -1.37. The van der Waals surface area contributed by atoms with Gasteiger partial charge in [0.2, 0.25) is 0 Å². The minimum atomic E-state index is -0.0567. The van der Waals surface area contributed by atoms with Crippen LogP contribution in [0.1, 0.15) is 41.5 Å². The molecule has 1 heterocycles. The van der Waals surface area contributed by atoms with Crippen molar-refractivity contribution in [1.29, 1.82) is 0 Å². The average Bonchev–Trinajstić information content (AvgIpc) is 3.73. The van der Waals surface area contributed by atoms with Crippen LogP contribution in [0, 0.1) is 114 Å². The third-order valence-electron chi connectivity index (χ3n) is 4.50. The summed E-state index contributed by atoms with van der Waals surface area (Å²) in [6.45, 7) is 38.3. The Labute approximate surface area is 279 Å². The molecule has 0 aromatic heterocycles. The van der Waals surface area contributed by atoms with Crippen molar-refractivity contribution in [1.82, 2.24) is 0 Å². The molecule has 0 aromatic rings. The molecular formula is C33H34FeO7W+2. The summed E-state index contributed by atoms with van der Waals surface area (Å²) in [6.07, 6.45) is 26.5. The molecule has 0 amide bonds. The summed E-state index contributed by atoms with van der Waals surface area (Å²) in [5, 5.41) is 0. The van der Waals surface area contributed by atoms with Crippen molar-refractivity contribution in [2.45, 2.75) is 41.5 Å². The van der Waals surface area contributed by atoms with Crippen LogP contribution in [0.4, 0.5) is 0 Å². The van der Waals surface area contributed by atoms with Crippen molar-refractivity contribution in [2.75, 3.05) is 7.11 Å². The molecule has 3 rings (SSSR count). The first-order chi connectivity index (χ1) is 19.1. The molecule has 0 atom stereocenters. The summed E-state index contributed by atoms with van der Waals surface area (Å²) in [5.41, 5.74) is 2.06.